The maximum absolute atomic E-state index is 12.8. The summed E-state index contributed by atoms with van der Waals surface area (Å²) in [6.45, 7) is 4.18. The van der Waals surface area contributed by atoms with Crippen LogP contribution in [0.3, 0.4) is 0 Å². The van der Waals surface area contributed by atoms with Gasteiger partial charge in [-0.1, -0.05) is 24.3 Å². The molecular formula is C26H25N5O5. The Balaban J connectivity index is 1.46. The molecular weight excluding hydrogens is 462 g/mol. The fraction of sp³-hybridized carbons (Fsp3) is 0.192. The number of carbonyl (C=O) groups is 2. The van der Waals surface area contributed by atoms with Crippen molar-refractivity contribution in [2.45, 2.75) is 20.4 Å². The van der Waals surface area contributed by atoms with E-state index in [1.807, 2.05) is 30.3 Å². The van der Waals surface area contributed by atoms with Crippen molar-refractivity contribution in [3.63, 3.8) is 0 Å². The highest BCUT2D eigenvalue weighted by molar-refractivity contribution is 6.02. The molecule has 10 nitrogen and oxygen atoms in total. The van der Waals surface area contributed by atoms with Crippen LogP contribution < -0.4 is 15.6 Å². The lowest BCUT2D eigenvalue weighted by atomic mass is 10.2. The van der Waals surface area contributed by atoms with Gasteiger partial charge in [0.2, 0.25) is 0 Å². The van der Waals surface area contributed by atoms with Gasteiger partial charge in [0.25, 0.3) is 11.5 Å². The van der Waals surface area contributed by atoms with Gasteiger partial charge in [-0.2, -0.15) is 10.2 Å². The van der Waals surface area contributed by atoms with Crippen LogP contribution in [0.15, 0.2) is 77.7 Å². The average Bonchev–Trinajstić information content (AvgIpc) is 3.27. The molecule has 4 rings (SSSR count). The highest BCUT2D eigenvalue weighted by atomic mass is 16.5. The Bertz CT molecular complexity index is 1430. The van der Waals surface area contributed by atoms with Gasteiger partial charge in [-0.05, 0) is 50.2 Å². The number of ether oxygens (including phenoxy) is 2. The van der Waals surface area contributed by atoms with E-state index in [0.717, 1.165) is 0 Å². The largest absolute Gasteiger partial charge is 0.492 e. The molecule has 10 heteroatoms. The molecule has 0 spiro atoms. The molecule has 4 aromatic rings. The van der Waals surface area contributed by atoms with Gasteiger partial charge >= 0.3 is 5.97 Å². The zero-order valence-electron chi connectivity index (χ0n) is 19.9. The molecule has 0 aliphatic carbocycles. The van der Waals surface area contributed by atoms with Gasteiger partial charge in [0, 0.05) is 11.8 Å². The third-order valence-electron chi connectivity index (χ3n) is 5.27. The lowest BCUT2D eigenvalue weighted by Crippen LogP contribution is -2.28. The summed E-state index contributed by atoms with van der Waals surface area (Å²) in [5, 5.41) is 11.2. The van der Waals surface area contributed by atoms with Crippen LogP contribution in [0.1, 0.15) is 33.5 Å². The maximum atomic E-state index is 12.8. The molecule has 1 N–H and O–H groups in total. The highest BCUT2D eigenvalue weighted by Crippen LogP contribution is 2.19. The predicted octanol–water partition coefficient (Wildman–Crippen LogP) is 3.25. The number of para-hydroxylation sites is 1. The molecule has 0 aliphatic rings. The van der Waals surface area contributed by atoms with Crippen LogP contribution in [0.2, 0.25) is 0 Å². The van der Waals surface area contributed by atoms with Crippen LogP contribution >= 0.6 is 0 Å². The molecule has 0 unspecified atom stereocenters. The first-order chi connectivity index (χ1) is 17.5. The molecule has 2 aromatic heterocycles. The third kappa shape index (κ3) is 5.66. The first-order valence-corrected chi connectivity index (χ1v) is 11.4. The maximum Gasteiger partial charge on any atom is 0.341 e. The standard InChI is InChI=1S/C26H25N5O5/c1-3-35-26(34)22-17-27-31(18(22)2)20-9-7-8-19(16-20)28-25(33)23-12-13-24(32)30(29-23)14-15-36-21-10-5-4-6-11-21/h4-13,16-17H,3,14-15H2,1-2H3,(H,28,33). The normalized spacial score (nSPS) is 10.6. The Labute approximate surface area is 207 Å². The van der Waals surface area contributed by atoms with Crippen molar-refractivity contribution in [1.29, 1.82) is 0 Å². The van der Waals surface area contributed by atoms with Crippen molar-refractivity contribution in [1.82, 2.24) is 19.6 Å². The Morgan fingerprint density at radius 2 is 1.83 bits per heavy atom. The fourth-order valence-corrected chi connectivity index (χ4v) is 3.49. The summed E-state index contributed by atoms with van der Waals surface area (Å²) in [6.07, 6.45) is 1.45. The second-order valence-electron chi connectivity index (χ2n) is 7.72. The van der Waals surface area contributed by atoms with Gasteiger partial charge in [0.15, 0.2) is 0 Å². The van der Waals surface area contributed by atoms with E-state index in [9.17, 15) is 14.4 Å². The van der Waals surface area contributed by atoms with E-state index < -0.39 is 11.9 Å². The Morgan fingerprint density at radius 3 is 2.61 bits per heavy atom. The van der Waals surface area contributed by atoms with Crippen molar-refractivity contribution in [3.05, 3.63) is 100 Å². The summed E-state index contributed by atoms with van der Waals surface area (Å²) in [4.78, 5) is 37.1. The smallest absolute Gasteiger partial charge is 0.341 e. The second kappa shape index (κ2) is 11.1. The number of aromatic nitrogens is 4. The van der Waals surface area contributed by atoms with Crippen LogP contribution in [0.5, 0.6) is 5.75 Å². The molecule has 0 fully saturated rings. The summed E-state index contributed by atoms with van der Waals surface area (Å²) in [6, 6.07) is 18.9. The monoisotopic (exact) mass is 487 g/mol. The van der Waals surface area contributed by atoms with Gasteiger partial charge in [-0.15, -0.1) is 0 Å². The molecule has 0 saturated carbocycles. The SMILES string of the molecule is CCOC(=O)c1cnn(-c2cccc(NC(=O)c3ccc(=O)n(CCOc4ccccc4)n3)c2)c1C. The van der Waals surface area contributed by atoms with E-state index in [1.54, 1.807) is 42.8 Å². The molecule has 2 heterocycles. The average molecular weight is 488 g/mol. The molecule has 36 heavy (non-hydrogen) atoms. The minimum Gasteiger partial charge on any atom is -0.492 e. The lowest BCUT2D eigenvalue weighted by Gasteiger charge is -2.10. The molecule has 0 atom stereocenters. The number of esters is 1. The van der Waals surface area contributed by atoms with Crippen molar-refractivity contribution in [2.24, 2.45) is 0 Å². The van der Waals surface area contributed by atoms with Crippen LogP contribution in [-0.4, -0.2) is 44.7 Å². The van der Waals surface area contributed by atoms with E-state index in [-0.39, 0.29) is 31.0 Å². The number of amides is 1. The number of rotatable bonds is 9. The number of nitrogens with zero attached hydrogens (tertiary/aromatic N) is 4. The summed E-state index contributed by atoms with van der Waals surface area (Å²) in [5.41, 5.74) is 1.88. The van der Waals surface area contributed by atoms with Crippen LogP contribution in [0, 0.1) is 6.92 Å². The van der Waals surface area contributed by atoms with Crippen molar-refractivity contribution < 1.29 is 19.1 Å². The first-order valence-electron chi connectivity index (χ1n) is 11.4. The molecule has 184 valence electrons. The zero-order valence-corrected chi connectivity index (χ0v) is 19.9. The van der Waals surface area contributed by atoms with Gasteiger partial charge in [0.1, 0.15) is 23.6 Å². The molecule has 0 radical (unpaired) electrons. The Kier molecular flexibility index (Phi) is 7.54. The molecule has 0 aliphatic heterocycles. The van der Waals surface area contributed by atoms with E-state index in [0.29, 0.717) is 28.4 Å². The van der Waals surface area contributed by atoms with E-state index in [2.05, 4.69) is 15.5 Å². The quantitative estimate of drug-likeness (QED) is 0.360. The van der Waals surface area contributed by atoms with E-state index in [4.69, 9.17) is 9.47 Å². The number of hydrogen-bond acceptors (Lipinski definition) is 7. The lowest BCUT2D eigenvalue weighted by molar-refractivity contribution is 0.0525. The third-order valence-corrected chi connectivity index (χ3v) is 5.27. The topological polar surface area (TPSA) is 117 Å². The summed E-state index contributed by atoms with van der Waals surface area (Å²) in [5.74, 6) is -0.239. The highest BCUT2D eigenvalue weighted by Gasteiger charge is 2.17. The van der Waals surface area contributed by atoms with Gasteiger partial charge < -0.3 is 14.8 Å². The minimum absolute atomic E-state index is 0.0829. The van der Waals surface area contributed by atoms with Crippen LogP contribution in [-0.2, 0) is 11.3 Å². The van der Waals surface area contributed by atoms with Gasteiger partial charge in [-0.3, -0.25) is 9.59 Å². The fourth-order valence-electron chi connectivity index (χ4n) is 3.49. The second-order valence-corrected chi connectivity index (χ2v) is 7.72. The zero-order chi connectivity index (χ0) is 25.5. The van der Waals surface area contributed by atoms with Crippen LogP contribution in [0.4, 0.5) is 5.69 Å². The number of benzene rings is 2. The summed E-state index contributed by atoms with van der Waals surface area (Å²) >= 11 is 0. The van der Waals surface area contributed by atoms with E-state index >= 15 is 0 Å². The predicted molar refractivity (Wildman–Crippen MR) is 133 cm³/mol. The van der Waals surface area contributed by atoms with Crippen molar-refractivity contribution >= 4 is 17.6 Å². The molecule has 0 bridgehead atoms. The minimum atomic E-state index is -0.478. The van der Waals surface area contributed by atoms with Crippen LogP contribution in [0.25, 0.3) is 5.69 Å². The van der Waals surface area contributed by atoms with Gasteiger partial charge in [-0.25, -0.2) is 14.2 Å². The Morgan fingerprint density at radius 1 is 1.03 bits per heavy atom. The number of nitrogens with one attached hydrogen (secondary N) is 1. The van der Waals surface area contributed by atoms with Crippen molar-refractivity contribution in [3.8, 4) is 11.4 Å². The number of hydrogen-bond donors (Lipinski definition) is 1. The molecule has 2 aromatic carbocycles. The number of carbonyl (C=O) groups excluding carboxylic acids is 2. The summed E-state index contributed by atoms with van der Waals surface area (Å²) < 4.78 is 13.5. The van der Waals surface area contributed by atoms with E-state index in [1.165, 1.54) is 23.0 Å². The number of anilines is 1. The Hall–Kier alpha value is -4.73. The van der Waals surface area contributed by atoms with Crippen molar-refractivity contribution in [2.75, 3.05) is 18.5 Å². The summed E-state index contributed by atoms with van der Waals surface area (Å²) in [7, 11) is 0. The van der Waals surface area contributed by atoms with Gasteiger partial charge in [0.05, 0.1) is 30.7 Å². The molecule has 1 amide bonds. The first kappa shape index (κ1) is 24.4. The molecule has 0 saturated heterocycles.